The molecular weight excluding hydrogens is 404 g/mol. The van der Waals surface area contributed by atoms with Crippen LogP contribution in [-0.2, 0) is 19.6 Å². The molecule has 9 nitrogen and oxygen atoms in total. The quantitative estimate of drug-likeness (QED) is 0.705. The number of anilines is 3. The minimum Gasteiger partial charge on any atom is -0.311 e. The fourth-order valence-electron chi connectivity index (χ4n) is 2.54. The molecule has 1 aromatic heterocycles. The molecule has 1 saturated heterocycles. The Kier molecular flexibility index (Phi) is 5.06. The van der Waals surface area contributed by atoms with Crippen molar-refractivity contribution < 1.29 is 26.8 Å². The lowest BCUT2D eigenvalue weighted by Crippen LogP contribution is -2.33. The first-order chi connectivity index (χ1) is 12.6. The zero-order valence-corrected chi connectivity index (χ0v) is 15.4. The van der Waals surface area contributed by atoms with E-state index in [1.54, 1.807) is 0 Å². The summed E-state index contributed by atoms with van der Waals surface area (Å²) >= 11 is 0.781. The van der Waals surface area contributed by atoms with Crippen molar-refractivity contribution in [2.45, 2.75) is 6.42 Å². The average Bonchev–Trinajstić information content (AvgIpc) is 3.11. The number of carbonyl (C=O) groups excluding carboxylic acids is 2. The summed E-state index contributed by atoms with van der Waals surface area (Å²) in [5.41, 5.74) is 0.0309. The average molecular weight is 417 g/mol. The van der Waals surface area contributed by atoms with Gasteiger partial charge in [0.2, 0.25) is 32.1 Å². The van der Waals surface area contributed by atoms with Gasteiger partial charge in [0, 0.05) is 18.3 Å². The second-order valence-electron chi connectivity index (χ2n) is 5.73. The summed E-state index contributed by atoms with van der Waals surface area (Å²) in [7, 11) is -3.54. The number of sulfonamides is 1. The molecule has 1 aliphatic heterocycles. The molecular formula is C14H13F2N5O4S2. The first kappa shape index (κ1) is 19.1. The van der Waals surface area contributed by atoms with E-state index in [2.05, 4.69) is 20.2 Å². The normalized spacial score (nSPS) is 17.2. The zero-order chi connectivity index (χ0) is 19.8. The molecule has 2 N–H and O–H groups in total. The van der Waals surface area contributed by atoms with E-state index >= 15 is 0 Å². The van der Waals surface area contributed by atoms with Gasteiger partial charge in [-0.05, 0) is 18.6 Å². The molecule has 13 heteroatoms. The van der Waals surface area contributed by atoms with Crippen molar-refractivity contribution in [3.05, 3.63) is 29.8 Å². The summed E-state index contributed by atoms with van der Waals surface area (Å²) in [6.45, 7) is 0.122. The smallest absolute Gasteiger partial charge is 0.239 e. The van der Waals surface area contributed by atoms with Crippen molar-refractivity contribution in [2.24, 2.45) is 5.92 Å². The molecule has 3 rings (SSSR count). The fourth-order valence-corrected chi connectivity index (χ4v) is 4.02. The topological polar surface area (TPSA) is 121 Å². The maximum Gasteiger partial charge on any atom is 0.239 e. The lowest BCUT2D eigenvalue weighted by molar-refractivity contribution is -0.129. The third kappa shape index (κ3) is 4.54. The molecule has 1 atom stereocenters. The predicted molar refractivity (Wildman–Crippen MR) is 93.8 cm³/mol. The number of carbonyl (C=O) groups is 2. The van der Waals surface area contributed by atoms with Gasteiger partial charge in [0.1, 0.15) is 17.6 Å². The van der Waals surface area contributed by atoms with Crippen molar-refractivity contribution in [1.29, 1.82) is 0 Å². The van der Waals surface area contributed by atoms with Gasteiger partial charge in [-0.2, -0.15) is 0 Å². The summed E-state index contributed by atoms with van der Waals surface area (Å²) in [6.07, 6.45) is 1.09. The van der Waals surface area contributed by atoms with Crippen LogP contribution in [0.1, 0.15) is 6.42 Å². The number of rotatable bonds is 5. The molecule has 1 aliphatic rings. The maximum absolute atomic E-state index is 13.4. The first-order valence-corrected chi connectivity index (χ1v) is 10.2. The molecule has 2 aromatic rings. The highest BCUT2D eigenvalue weighted by Gasteiger charge is 2.38. The maximum atomic E-state index is 13.4. The zero-order valence-electron chi connectivity index (χ0n) is 13.8. The molecule has 2 amide bonds. The molecule has 0 radical (unpaired) electrons. The molecule has 1 fully saturated rings. The Hall–Kier alpha value is -2.67. The van der Waals surface area contributed by atoms with Crippen LogP contribution in [0.15, 0.2) is 18.2 Å². The monoisotopic (exact) mass is 417 g/mol. The van der Waals surface area contributed by atoms with E-state index < -0.39 is 39.4 Å². The highest BCUT2D eigenvalue weighted by Crippen LogP contribution is 2.28. The van der Waals surface area contributed by atoms with E-state index in [0.717, 1.165) is 34.6 Å². The lowest BCUT2D eigenvalue weighted by atomic mass is 10.1. The number of benzene rings is 1. The van der Waals surface area contributed by atoms with Crippen LogP contribution in [0.5, 0.6) is 0 Å². The van der Waals surface area contributed by atoms with Crippen molar-refractivity contribution in [2.75, 3.05) is 27.7 Å². The summed E-state index contributed by atoms with van der Waals surface area (Å²) in [5.74, 6) is -3.99. The van der Waals surface area contributed by atoms with Crippen LogP contribution >= 0.6 is 11.3 Å². The minimum atomic E-state index is -3.54. The molecule has 2 heterocycles. The van der Waals surface area contributed by atoms with Crippen LogP contribution in [0, 0.1) is 17.6 Å². The second kappa shape index (κ2) is 7.15. The fraction of sp³-hybridized carbons (Fsp3) is 0.286. The third-order valence-corrected chi connectivity index (χ3v) is 5.06. The van der Waals surface area contributed by atoms with Gasteiger partial charge < -0.3 is 4.90 Å². The molecule has 144 valence electrons. The van der Waals surface area contributed by atoms with Gasteiger partial charge in [0.05, 0.1) is 6.26 Å². The Morgan fingerprint density at radius 1 is 1.22 bits per heavy atom. The molecule has 0 aliphatic carbocycles. The molecule has 1 aromatic carbocycles. The van der Waals surface area contributed by atoms with Gasteiger partial charge in [-0.15, -0.1) is 10.2 Å². The van der Waals surface area contributed by atoms with Crippen molar-refractivity contribution in [1.82, 2.24) is 10.2 Å². The van der Waals surface area contributed by atoms with Crippen molar-refractivity contribution in [3.63, 3.8) is 0 Å². The summed E-state index contributed by atoms with van der Waals surface area (Å²) in [6, 6.07) is 2.70. The van der Waals surface area contributed by atoms with E-state index in [0.29, 0.717) is 6.07 Å². The minimum absolute atomic E-state index is 0.00852. The number of nitrogens with one attached hydrogen (secondary N) is 2. The van der Waals surface area contributed by atoms with E-state index in [1.165, 1.54) is 0 Å². The molecule has 1 unspecified atom stereocenters. The van der Waals surface area contributed by atoms with Crippen LogP contribution < -0.4 is 14.9 Å². The Labute approximate surface area is 156 Å². The van der Waals surface area contributed by atoms with Gasteiger partial charge in [0.25, 0.3) is 0 Å². The van der Waals surface area contributed by atoms with Gasteiger partial charge in [0.15, 0.2) is 0 Å². The highest BCUT2D eigenvalue weighted by molar-refractivity contribution is 7.92. The summed E-state index contributed by atoms with van der Waals surface area (Å²) < 4.78 is 51.1. The van der Waals surface area contributed by atoms with Crippen LogP contribution in [0.25, 0.3) is 0 Å². The van der Waals surface area contributed by atoms with E-state index in [9.17, 15) is 26.8 Å². The second-order valence-corrected chi connectivity index (χ2v) is 8.46. The largest absolute Gasteiger partial charge is 0.311 e. The Bertz CT molecular complexity index is 990. The van der Waals surface area contributed by atoms with Crippen molar-refractivity contribution >= 4 is 49.1 Å². The molecule has 0 saturated carbocycles. The molecule has 0 spiro atoms. The highest BCUT2D eigenvalue weighted by atomic mass is 32.2. The number of hydrogen-bond acceptors (Lipinski definition) is 7. The van der Waals surface area contributed by atoms with Crippen molar-refractivity contribution in [3.8, 4) is 0 Å². The van der Waals surface area contributed by atoms with Gasteiger partial charge in [-0.25, -0.2) is 17.2 Å². The summed E-state index contributed by atoms with van der Waals surface area (Å²) in [4.78, 5) is 25.9. The number of hydrogen-bond donors (Lipinski definition) is 2. The summed E-state index contributed by atoms with van der Waals surface area (Å²) in [5, 5.41) is 9.55. The number of aromatic nitrogens is 2. The SMILES string of the molecule is CS(=O)(=O)Nc1nnc(NC(=O)C2CCN(c3cc(F)cc(F)c3)C2=O)s1. The number of halogens is 2. The van der Waals surface area contributed by atoms with Gasteiger partial charge >= 0.3 is 0 Å². The Balaban J connectivity index is 1.68. The Morgan fingerprint density at radius 2 is 1.85 bits per heavy atom. The number of amides is 2. The van der Waals surface area contributed by atoms with E-state index in [4.69, 9.17) is 0 Å². The van der Waals surface area contributed by atoms with Crippen LogP contribution in [-0.4, -0.2) is 43.2 Å². The standard InChI is InChI=1S/C14H13F2N5O4S2/c1-27(24,25)20-14-19-18-13(26-14)17-11(22)10-2-3-21(12(10)23)9-5-7(15)4-8(16)6-9/h4-6,10H,2-3H2,1H3,(H,19,20)(H,17,18,22). The van der Waals surface area contributed by atoms with Crippen LogP contribution in [0.4, 0.5) is 24.7 Å². The van der Waals surface area contributed by atoms with E-state index in [-0.39, 0.29) is 28.9 Å². The van der Waals surface area contributed by atoms with E-state index in [1.807, 2.05) is 0 Å². The van der Waals surface area contributed by atoms with Gasteiger partial charge in [-0.1, -0.05) is 11.3 Å². The third-order valence-electron chi connectivity index (χ3n) is 3.61. The first-order valence-electron chi connectivity index (χ1n) is 7.52. The van der Waals surface area contributed by atoms with Gasteiger partial charge in [-0.3, -0.25) is 19.6 Å². The van der Waals surface area contributed by atoms with Crippen LogP contribution in [0.2, 0.25) is 0 Å². The predicted octanol–water partition coefficient (Wildman–Crippen LogP) is 1.18. The molecule has 0 bridgehead atoms. The molecule has 27 heavy (non-hydrogen) atoms. The lowest BCUT2D eigenvalue weighted by Gasteiger charge is -2.16. The van der Waals surface area contributed by atoms with Crippen LogP contribution in [0.3, 0.4) is 0 Å². The Morgan fingerprint density at radius 3 is 2.48 bits per heavy atom. The number of nitrogens with zero attached hydrogens (tertiary/aromatic N) is 3.